The van der Waals surface area contributed by atoms with Crippen molar-refractivity contribution in [1.82, 2.24) is 4.90 Å². The van der Waals surface area contributed by atoms with E-state index in [9.17, 15) is 19.7 Å². The zero-order chi connectivity index (χ0) is 17.4. The zero-order valence-electron chi connectivity index (χ0n) is 13.4. The minimum atomic E-state index is -0.509. The minimum absolute atomic E-state index is 0.0500. The Labute approximate surface area is 134 Å². The molecule has 0 radical (unpaired) electrons. The topological polar surface area (TPSA) is 102 Å². The number of esters is 1. The number of non-ortho nitro benzene ring substituents is 1. The first-order valence-electron chi connectivity index (χ1n) is 7.32. The SMILES string of the molecule is CCOC(=O)CCN(C(=O)Nc1ccc([N+](=O)[O-])cc1)C(C)C. The average molecular weight is 323 g/mol. The van der Waals surface area contributed by atoms with E-state index in [4.69, 9.17) is 4.74 Å². The Hall–Kier alpha value is -2.64. The number of carbonyl (C=O) groups is 2. The van der Waals surface area contributed by atoms with Gasteiger partial charge < -0.3 is 15.0 Å². The first kappa shape index (κ1) is 18.4. The van der Waals surface area contributed by atoms with Crippen LogP contribution >= 0.6 is 0 Å². The summed E-state index contributed by atoms with van der Waals surface area (Å²) < 4.78 is 4.84. The lowest BCUT2D eigenvalue weighted by Gasteiger charge is -2.26. The summed E-state index contributed by atoms with van der Waals surface area (Å²) in [6, 6.07) is 5.06. The smallest absolute Gasteiger partial charge is 0.322 e. The first-order valence-corrected chi connectivity index (χ1v) is 7.32. The van der Waals surface area contributed by atoms with Gasteiger partial charge >= 0.3 is 12.0 Å². The molecule has 0 saturated carbocycles. The van der Waals surface area contributed by atoms with Gasteiger partial charge in [-0.05, 0) is 32.9 Å². The lowest BCUT2D eigenvalue weighted by molar-refractivity contribution is -0.384. The highest BCUT2D eigenvalue weighted by Crippen LogP contribution is 2.16. The third-order valence-electron chi connectivity index (χ3n) is 3.08. The van der Waals surface area contributed by atoms with Crippen molar-refractivity contribution in [2.24, 2.45) is 0 Å². The molecule has 0 heterocycles. The second kappa shape index (κ2) is 8.72. The Morgan fingerprint density at radius 2 is 1.91 bits per heavy atom. The lowest BCUT2D eigenvalue weighted by atomic mass is 10.2. The molecule has 1 N–H and O–H groups in total. The summed E-state index contributed by atoms with van der Waals surface area (Å²) in [4.78, 5) is 35.3. The number of ether oxygens (including phenoxy) is 1. The molecule has 1 rings (SSSR count). The molecule has 23 heavy (non-hydrogen) atoms. The van der Waals surface area contributed by atoms with Crippen LogP contribution in [0.25, 0.3) is 0 Å². The quantitative estimate of drug-likeness (QED) is 0.472. The molecule has 0 aliphatic carbocycles. The van der Waals surface area contributed by atoms with E-state index in [1.54, 1.807) is 6.92 Å². The van der Waals surface area contributed by atoms with Crippen molar-refractivity contribution in [1.29, 1.82) is 0 Å². The van der Waals surface area contributed by atoms with Crippen molar-refractivity contribution in [2.45, 2.75) is 33.2 Å². The fourth-order valence-corrected chi connectivity index (χ4v) is 1.90. The average Bonchev–Trinajstić information content (AvgIpc) is 2.47. The Bertz CT molecular complexity index is 557. The van der Waals surface area contributed by atoms with Gasteiger partial charge in [-0.25, -0.2) is 4.79 Å². The fraction of sp³-hybridized carbons (Fsp3) is 0.467. The molecule has 8 nitrogen and oxygen atoms in total. The van der Waals surface area contributed by atoms with Crippen molar-refractivity contribution in [3.8, 4) is 0 Å². The number of amides is 2. The van der Waals surface area contributed by atoms with Crippen LogP contribution in [0.2, 0.25) is 0 Å². The monoisotopic (exact) mass is 323 g/mol. The van der Waals surface area contributed by atoms with Gasteiger partial charge in [-0.2, -0.15) is 0 Å². The molecule has 126 valence electrons. The molecule has 0 fully saturated rings. The van der Waals surface area contributed by atoms with E-state index in [-0.39, 0.29) is 36.7 Å². The van der Waals surface area contributed by atoms with Crippen LogP contribution in [0.3, 0.4) is 0 Å². The van der Waals surface area contributed by atoms with E-state index in [2.05, 4.69) is 5.32 Å². The molecule has 2 amide bonds. The van der Waals surface area contributed by atoms with E-state index < -0.39 is 4.92 Å². The van der Waals surface area contributed by atoms with Gasteiger partial charge in [0.05, 0.1) is 18.0 Å². The Balaban J connectivity index is 2.66. The minimum Gasteiger partial charge on any atom is -0.466 e. The van der Waals surface area contributed by atoms with Gasteiger partial charge in [0.15, 0.2) is 0 Å². The van der Waals surface area contributed by atoms with Gasteiger partial charge in [0.2, 0.25) is 0 Å². The van der Waals surface area contributed by atoms with Crippen LogP contribution in [0, 0.1) is 10.1 Å². The molecular formula is C15H21N3O5. The van der Waals surface area contributed by atoms with Gasteiger partial charge in [-0.3, -0.25) is 14.9 Å². The summed E-state index contributed by atoms with van der Waals surface area (Å²) >= 11 is 0. The van der Waals surface area contributed by atoms with E-state index in [1.165, 1.54) is 29.2 Å². The molecule has 1 aromatic rings. The summed E-state index contributed by atoms with van der Waals surface area (Å²) in [5.74, 6) is -0.360. The van der Waals surface area contributed by atoms with Crippen molar-refractivity contribution in [3.63, 3.8) is 0 Å². The Morgan fingerprint density at radius 3 is 2.39 bits per heavy atom. The summed E-state index contributed by atoms with van der Waals surface area (Å²) in [5.41, 5.74) is 0.397. The molecule has 0 unspecified atom stereocenters. The van der Waals surface area contributed by atoms with Crippen molar-refractivity contribution < 1.29 is 19.2 Å². The van der Waals surface area contributed by atoms with Gasteiger partial charge in [0.25, 0.3) is 5.69 Å². The fourth-order valence-electron chi connectivity index (χ4n) is 1.90. The molecule has 0 atom stereocenters. The lowest BCUT2D eigenvalue weighted by Crippen LogP contribution is -2.41. The third kappa shape index (κ3) is 5.93. The van der Waals surface area contributed by atoms with Crippen LogP contribution in [-0.2, 0) is 9.53 Å². The number of nitrogens with one attached hydrogen (secondary N) is 1. The maximum atomic E-state index is 12.3. The van der Waals surface area contributed by atoms with Crippen LogP contribution in [-0.4, -0.2) is 41.0 Å². The molecule has 0 aromatic heterocycles. The van der Waals surface area contributed by atoms with E-state index in [0.717, 1.165) is 0 Å². The number of carbonyl (C=O) groups excluding carboxylic acids is 2. The van der Waals surface area contributed by atoms with E-state index >= 15 is 0 Å². The molecule has 0 aliphatic rings. The zero-order valence-corrected chi connectivity index (χ0v) is 13.4. The highest BCUT2D eigenvalue weighted by Gasteiger charge is 2.18. The second-order valence-corrected chi connectivity index (χ2v) is 5.08. The predicted molar refractivity (Wildman–Crippen MR) is 85.2 cm³/mol. The number of rotatable bonds is 7. The standard InChI is InChI=1S/C15H21N3O5/c1-4-23-14(19)9-10-17(11(2)3)15(20)16-12-5-7-13(8-6-12)18(21)22/h5-8,11H,4,9-10H2,1-3H3,(H,16,20). The number of anilines is 1. The maximum Gasteiger partial charge on any atom is 0.322 e. The van der Waals surface area contributed by atoms with Crippen LogP contribution in [0.5, 0.6) is 0 Å². The largest absolute Gasteiger partial charge is 0.466 e. The molecule has 1 aromatic carbocycles. The third-order valence-corrected chi connectivity index (χ3v) is 3.08. The highest BCUT2D eigenvalue weighted by molar-refractivity contribution is 5.89. The highest BCUT2D eigenvalue weighted by atomic mass is 16.6. The number of nitrogens with zero attached hydrogens (tertiary/aromatic N) is 2. The molecular weight excluding hydrogens is 302 g/mol. The number of nitro groups is 1. The van der Waals surface area contributed by atoms with E-state index in [0.29, 0.717) is 12.3 Å². The van der Waals surface area contributed by atoms with Gasteiger partial charge in [-0.15, -0.1) is 0 Å². The number of urea groups is 1. The first-order chi connectivity index (χ1) is 10.8. The van der Waals surface area contributed by atoms with Crippen LogP contribution in [0.4, 0.5) is 16.2 Å². The Kier molecular flexibility index (Phi) is 6.98. The molecule has 0 saturated heterocycles. The molecule has 0 aliphatic heterocycles. The summed E-state index contributed by atoms with van der Waals surface area (Å²) in [6.45, 7) is 5.92. The van der Waals surface area contributed by atoms with Crippen molar-refractivity contribution in [2.75, 3.05) is 18.5 Å². The number of hydrogen-bond acceptors (Lipinski definition) is 5. The van der Waals surface area contributed by atoms with Crippen molar-refractivity contribution in [3.05, 3.63) is 34.4 Å². The summed E-state index contributed by atoms with van der Waals surface area (Å²) in [5, 5.41) is 13.3. The second-order valence-electron chi connectivity index (χ2n) is 5.08. The normalized spacial score (nSPS) is 10.3. The number of hydrogen-bond donors (Lipinski definition) is 1. The van der Waals surface area contributed by atoms with Crippen molar-refractivity contribution >= 4 is 23.4 Å². The van der Waals surface area contributed by atoms with Gasteiger partial charge in [0, 0.05) is 30.4 Å². The van der Waals surface area contributed by atoms with E-state index in [1.807, 2.05) is 13.8 Å². The van der Waals surface area contributed by atoms with Gasteiger partial charge in [0.1, 0.15) is 0 Å². The number of benzene rings is 1. The maximum absolute atomic E-state index is 12.3. The Morgan fingerprint density at radius 1 is 1.30 bits per heavy atom. The van der Waals surface area contributed by atoms with Crippen LogP contribution < -0.4 is 5.32 Å². The summed E-state index contributed by atoms with van der Waals surface area (Å²) in [7, 11) is 0. The molecule has 0 bridgehead atoms. The molecule has 0 spiro atoms. The summed E-state index contributed by atoms with van der Waals surface area (Å²) in [6.07, 6.45) is 0.111. The van der Waals surface area contributed by atoms with Gasteiger partial charge in [-0.1, -0.05) is 0 Å². The number of nitro benzene ring substituents is 1. The van der Waals surface area contributed by atoms with Crippen LogP contribution in [0.15, 0.2) is 24.3 Å². The molecule has 8 heteroatoms. The predicted octanol–water partition coefficient (Wildman–Crippen LogP) is 2.79. The van der Waals surface area contributed by atoms with Crippen LogP contribution in [0.1, 0.15) is 27.2 Å².